The van der Waals surface area contributed by atoms with Gasteiger partial charge in [-0.2, -0.15) is 0 Å². The Balaban J connectivity index is 5.43. The normalized spacial score (nSPS) is 14.5. The maximum absolute atomic E-state index is 13.1. The van der Waals surface area contributed by atoms with E-state index < -0.39 is 97.5 Å². The maximum atomic E-state index is 13.1. The average molecular weight is 1450 g/mol. The van der Waals surface area contributed by atoms with Crippen molar-refractivity contribution in [3.05, 3.63) is 109 Å². The first kappa shape index (κ1) is 95.7. The number of aliphatic hydroxyl groups excluding tert-OH is 1. The van der Waals surface area contributed by atoms with Crippen LogP contribution in [0.1, 0.15) is 323 Å². The molecule has 0 spiro atoms. The zero-order chi connectivity index (χ0) is 73.2. The van der Waals surface area contributed by atoms with Gasteiger partial charge in [-0.05, 0) is 148 Å². The van der Waals surface area contributed by atoms with Gasteiger partial charge in [0.2, 0.25) is 0 Å². The number of rotatable bonds is 73. The van der Waals surface area contributed by atoms with Crippen molar-refractivity contribution in [1.29, 1.82) is 0 Å². The Bertz CT molecular complexity index is 2320. The van der Waals surface area contributed by atoms with E-state index in [9.17, 15) is 43.2 Å². The predicted octanol–water partition coefficient (Wildman–Crippen LogP) is 22.6. The predicted molar refractivity (Wildman–Crippen MR) is 408 cm³/mol. The topological polar surface area (TPSA) is 237 Å². The number of hydrogen-bond acceptors (Lipinski definition) is 15. The Morgan fingerprint density at radius 1 is 0.290 bits per heavy atom. The van der Waals surface area contributed by atoms with Crippen molar-refractivity contribution < 1.29 is 80.2 Å². The second kappa shape index (κ2) is 73.0. The summed E-state index contributed by atoms with van der Waals surface area (Å²) in [6, 6.07) is 0. The third-order valence-corrected chi connectivity index (χ3v) is 18.1. The summed E-state index contributed by atoms with van der Waals surface area (Å²) in [4.78, 5) is 72.9. The summed E-state index contributed by atoms with van der Waals surface area (Å²) in [6.07, 6.45) is 77.9. The summed E-state index contributed by atoms with van der Waals surface area (Å²) in [5.41, 5.74) is 0. The van der Waals surface area contributed by atoms with Gasteiger partial charge >= 0.3 is 39.5 Å². The lowest BCUT2D eigenvalue weighted by Crippen LogP contribution is -2.30. The van der Waals surface area contributed by atoms with Gasteiger partial charge in [0.05, 0.1) is 26.4 Å². The van der Waals surface area contributed by atoms with Gasteiger partial charge in [-0.25, -0.2) is 9.13 Å². The van der Waals surface area contributed by atoms with Gasteiger partial charge in [0, 0.05) is 25.7 Å². The van der Waals surface area contributed by atoms with Crippen molar-refractivity contribution in [2.75, 3.05) is 39.6 Å². The number of hydrogen-bond donors (Lipinski definition) is 3. The minimum Gasteiger partial charge on any atom is -0.462 e. The lowest BCUT2D eigenvalue weighted by molar-refractivity contribution is -0.161. The first-order chi connectivity index (χ1) is 48.7. The number of aliphatic hydroxyl groups is 1. The molecule has 2 unspecified atom stereocenters. The Labute approximate surface area is 607 Å². The zero-order valence-corrected chi connectivity index (χ0v) is 64.6. The molecule has 0 aromatic rings. The highest BCUT2D eigenvalue weighted by atomic mass is 31.2. The van der Waals surface area contributed by atoms with Gasteiger partial charge in [0.15, 0.2) is 12.2 Å². The molecule has 0 aliphatic carbocycles. The smallest absolute Gasteiger partial charge is 0.462 e. The highest BCUT2D eigenvalue weighted by molar-refractivity contribution is 7.47. The van der Waals surface area contributed by atoms with E-state index in [0.29, 0.717) is 32.1 Å². The number of esters is 4. The molecule has 0 saturated heterocycles. The molecule has 0 heterocycles. The third kappa shape index (κ3) is 72.1. The fourth-order valence-corrected chi connectivity index (χ4v) is 11.7. The van der Waals surface area contributed by atoms with Crippen molar-refractivity contribution in [2.45, 2.75) is 341 Å². The number of ether oxygens (including phenoxy) is 4. The molecule has 5 atom stereocenters. The van der Waals surface area contributed by atoms with Crippen LogP contribution in [0.2, 0.25) is 0 Å². The Morgan fingerprint density at radius 3 is 0.880 bits per heavy atom. The van der Waals surface area contributed by atoms with E-state index in [-0.39, 0.29) is 25.7 Å². The summed E-state index contributed by atoms with van der Waals surface area (Å²) in [7, 11) is -9.98. The van der Waals surface area contributed by atoms with Gasteiger partial charge < -0.3 is 33.8 Å². The van der Waals surface area contributed by atoms with Crippen LogP contribution in [0, 0.1) is 0 Å². The summed E-state index contributed by atoms with van der Waals surface area (Å²) in [5, 5.41) is 10.6. The van der Waals surface area contributed by atoms with Crippen molar-refractivity contribution in [2.24, 2.45) is 0 Å². The van der Waals surface area contributed by atoms with E-state index in [1.54, 1.807) is 0 Å². The van der Waals surface area contributed by atoms with Crippen LogP contribution in [0.15, 0.2) is 109 Å². The molecule has 0 aliphatic heterocycles. The lowest BCUT2D eigenvalue weighted by atomic mass is 10.1. The van der Waals surface area contributed by atoms with Crippen LogP contribution in [0.4, 0.5) is 0 Å². The number of allylic oxidation sites excluding steroid dienone is 18. The summed E-state index contributed by atoms with van der Waals surface area (Å²) >= 11 is 0. The molecule has 0 aliphatic rings. The number of phosphoric ester groups is 2. The van der Waals surface area contributed by atoms with Crippen LogP contribution in [0.3, 0.4) is 0 Å². The molecular weight excluding hydrogens is 1310 g/mol. The van der Waals surface area contributed by atoms with Crippen LogP contribution in [-0.2, 0) is 65.4 Å². The van der Waals surface area contributed by atoms with E-state index in [0.717, 1.165) is 148 Å². The molecule has 0 saturated carbocycles. The first-order valence-corrected chi connectivity index (χ1v) is 42.1. The van der Waals surface area contributed by atoms with E-state index in [1.165, 1.54) is 89.9 Å². The summed E-state index contributed by atoms with van der Waals surface area (Å²) < 4.78 is 68.4. The Hall–Kier alpha value is -4.28. The van der Waals surface area contributed by atoms with Gasteiger partial charge in [-0.1, -0.05) is 259 Å². The van der Waals surface area contributed by atoms with Gasteiger partial charge in [-0.3, -0.25) is 37.3 Å². The fourth-order valence-electron chi connectivity index (χ4n) is 10.2. The van der Waals surface area contributed by atoms with E-state index in [4.69, 9.17) is 37.0 Å². The quantitative estimate of drug-likeness (QED) is 0.0128. The van der Waals surface area contributed by atoms with E-state index in [2.05, 4.69) is 125 Å². The van der Waals surface area contributed by atoms with Gasteiger partial charge in [0.1, 0.15) is 19.3 Å². The molecule has 0 radical (unpaired) electrons. The van der Waals surface area contributed by atoms with Crippen molar-refractivity contribution in [1.82, 2.24) is 0 Å². The van der Waals surface area contributed by atoms with Crippen molar-refractivity contribution >= 4 is 39.5 Å². The van der Waals surface area contributed by atoms with Gasteiger partial charge in [0.25, 0.3) is 0 Å². The second-order valence-electron chi connectivity index (χ2n) is 26.0. The number of unbranched alkanes of at least 4 members (excludes halogenated alkanes) is 30. The minimum absolute atomic E-state index is 0.0658. The molecular formula is C81H140O17P2. The molecule has 576 valence electrons. The highest BCUT2D eigenvalue weighted by Crippen LogP contribution is 2.45. The molecule has 100 heavy (non-hydrogen) atoms. The molecule has 0 fully saturated rings. The molecule has 0 bridgehead atoms. The van der Waals surface area contributed by atoms with Crippen molar-refractivity contribution in [3.63, 3.8) is 0 Å². The highest BCUT2D eigenvalue weighted by Gasteiger charge is 2.30. The van der Waals surface area contributed by atoms with Crippen LogP contribution in [-0.4, -0.2) is 96.7 Å². The Kier molecular flexibility index (Phi) is 69.9. The first-order valence-electron chi connectivity index (χ1n) is 39.1. The SMILES string of the molecule is CCCCC/C=C\C/C=C\C/C=C\C/C=C\CCCC(=O)OC[C@H](COP(=O)(O)OC[C@@H](O)COP(=O)(O)OC[C@@H](COC(=O)CCCCCCC/C=C\CCCCCC)OC(=O)CCCCCCC/C=C\C=C/CCCCCC)OC(=O)CCCCCCC/C=C\C/C=C\CCCCC. The Morgan fingerprint density at radius 2 is 0.530 bits per heavy atom. The van der Waals surface area contributed by atoms with Crippen molar-refractivity contribution in [3.8, 4) is 0 Å². The molecule has 3 N–H and O–H groups in total. The van der Waals surface area contributed by atoms with E-state index >= 15 is 0 Å². The van der Waals surface area contributed by atoms with Crippen LogP contribution < -0.4 is 0 Å². The zero-order valence-electron chi connectivity index (χ0n) is 62.8. The molecule has 17 nitrogen and oxygen atoms in total. The minimum atomic E-state index is -4.99. The number of carbonyl (C=O) groups excluding carboxylic acids is 4. The standard InChI is InChI=1S/C81H140O17P2/c1-5-9-13-17-21-25-29-33-36-37-40-42-46-50-54-58-62-66-79(84)92-72-77(98-81(86)68-64-60-56-52-48-44-39-35-31-27-23-19-15-11-7-3)74-96-100(89,90)94-70-75(82)69-93-99(87,88)95-73-76(71-91-78(83)65-61-57-53-49-45-41-32-28-24-20-16-12-8-4)97-80(85)67-63-59-55-51-47-43-38-34-30-26-22-18-14-10-6-2/h21,23,25-28,30,32-36,38-40,42,50,54,75-77,82H,5-20,22,24,29,31,37,41,43-49,51-53,55-74H2,1-4H3,(H,87,88)(H,89,90)/b25-21-,27-23-,30-26-,32-28-,36-33-,38-34-,39-35-,42-40-,54-50-/t75-,76+,77+/m0/s1. The average Bonchev–Trinajstić information content (AvgIpc) is 0.945. The molecule has 19 heteroatoms. The number of carbonyl (C=O) groups is 4. The number of phosphoric acid groups is 2. The monoisotopic (exact) mass is 1450 g/mol. The lowest BCUT2D eigenvalue weighted by Gasteiger charge is -2.21. The van der Waals surface area contributed by atoms with Crippen LogP contribution in [0.5, 0.6) is 0 Å². The second-order valence-corrected chi connectivity index (χ2v) is 28.9. The van der Waals surface area contributed by atoms with E-state index in [1.807, 2.05) is 12.2 Å². The van der Waals surface area contributed by atoms with Crippen LogP contribution >= 0.6 is 15.6 Å². The molecule has 0 aromatic heterocycles. The largest absolute Gasteiger partial charge is 0.472 e. The fraction of sp³-hybridized carbons (Fsp3) is 0.728. The molecule has 0 aromatic carbocycles. The van der Waals surface area contributed by atoms with Crippen LogP contribution in [0.25, 0.3) is 0 Å². The van der Waals surface area contributed by atoms with Gasteiger partial charge in [-0.15, -0.1) is 0 Å². The third-order valence-electron chi connectivity index (χ3n) is 16.2. The summed E-state index contributed by atoms with van der Waals surface area (Å²) in [5.74, 6) is -2.27. The maximum Gasteiger partial charge on any atom is 0.472 e. The molecule has 0 amide bonds. The molecule has 0 rings (SSSR count). The summed E-state index contributed by atoms with van der Waals surface area (Å²) in [6.45, 7) is 4.69.